The Kier molecular flexibility index (Phi) is 6.06. The van der Waals surface area contributed by atoms with Gasteiger partial charge in [-0.05, 0) is 61.4 Å². The van der Waals surface area contributed by atoms with Gasteiger partial charge in [0.15, 0.2) is 0 Å². The Bertz CT molecular complexity index is 722. The molecule has 0 aliphatic rings. The van der Waals surface area contributed by atoms with Crippen LogP contribution >= 0.6 is 0 Å². The fourth-order valence-electron chi connectivity index (χ4n) is 2.18. The quantitative estimate of drug-likeness (QED) is 0.594. The van der Waals surface area contributed by atoms with E-state index in [0.29, 0.717) is 22.6 Å². The summed E-state index contributed by atoms with van der Waals surface area (Å²) in [5, 5.41) is 0. The summed E-state index contributed by atoms with van der Waals surface area (Å²) in [4.78, 5) is 23.0. The highest BCUT2D eigenvalue weighted by atomic mass is 16.6. The maximum absolute atomic E-state index is 11.5. The standard InChI is InChI=1S/C18H18BO6/c1-11-9-13(17(20)22-3)5-7-15(11)24-19-25-16-8-6-14(10-12(16)2)18(21)23-4/h5-10H,1-4H3. The van der Waals surface area contributed by atoms with Crippen LogP contribution in [0.25, 0.3) is 0 Å². The molecule has 0 aliphatic heterocycles. The van der Waals surface area contributed by atoms with Gasteiger partial charge in [0.2, 0.25) is 0 Å². The summed E-state index contributed by atoms with van der Waals surface area (Å²) in [6.07, 6.45) is 0. The minimum Gasteiger partial charge on any atom is -0.526 e. The zero-order chi connectivity index (χ0) is 18.4. The molecule has 0 N–H and O–H groups in total. The monoisotopic (exact) mass is 341 g/mol. The van der Waals surface area contributed by atoms with Crippen molar-refractivity contribution >= 4 is 19.6 Å². The van der Waals surface area contributed by atoms with Gasteiger partial charge in [-0.3, -0.25) is 0 Å². The number of carbonyl (C=O) groups excluding carboxylic acids is 2. The Hall–Kier alpha value is -2.96. The SMILES string of the molecule is COC(=O)c1ccc(O[B]Oc2ccc(C(=O)OC)cc2C)c(C)c1. The molecular formula is C18H18BO6. The number of hydrogen-bond donors (Lipinski definition) is 0. The van der Waals surface area contributed by atoms with Gasteiger partial charge < -0.3 is 18.8 Å². The molecule has 0 fully saturated rings. The average molecular weight is 341 g/mol. The molecule has 0 bridgehead atoms. The van der Waals surface area contributed by atoms with E-state index in [9.17, 15) is 9.59 Å². The van der Waals surface area contributed by atoms with E-state index in [1.165, 1.54) is 21.9 Å². The minimum atomic E-state index is -0.406. The smallest absolute Gasteiger partial charge is 0.526 e. The summed E-state index contributed by atoms with van der Waals surface area (Å²) >= 11 is 0. The van der Waals surface area contributed by atoms with Crippen molar-refractivity contribution in [1.82, 2.24) is 0 Å². The largest absolute Gasteiger partial charge is 0.658 e. The molecule has 0 spiro atoms. The summed E-state index contributed by atoms with van der Waals surface area (Å²) in [6, 6.07) is 9.89. The number of aryl methyl sites for hydroxylation is 2. The van der Waals surface area contributed by atoms with Crippen molar-refractivity contribution in [2.45, 2.75) is 13.8 Å². The second kappa shape index (κ2) is 8.23. The number of ether oxygens (including phenoxy) is 2. The van der Waals surface area contributed by atoms with Crippen molar-refractivity contribution in [3.8, 4) is 11.5 Å². The molecule has 0 amide bonds. The van der Waals surface area contributed by atoms with E-state index >= 15 is 0 Å². The lowest BCUT2D eigenvalue weighted by Crippen LogP contribution is -2.13. The lowest BCUT2D eigenvalue weighted by molar-refractivity contribution is 0.0591. The molecular weight excluding hydrogens is 323 g/mol. The molecule has 2 rings (SSSR count). The van der Waals surface area contributed by atoms with Crippen LogP contribution in [-0.2, 0) is 9.47 Å². The van der Waals surface area contributed by atoms with Gasteiger partial charge in [-0.15, -0.1) is 0 Å². The van der Waals surface area contributed by atoms with Crippen molar-refractivity contribution in [2.24, 2.45) is 0 Å². The van der Waals surface area contributed by atoms with Crippen LogP contribution in [0.5, 0.6) is 11.5 Å². The molecule has 1 radical (unpaired) electrons. The van der Waals surface area contributed by atoms with E-state index in [-0.39, 0.29) is 0 Å². The Morgan fingerprint density at radius 3 is 1.48 bits per heavy atom. The first-order chi connectivity index (χ1) is 12.0. The van der Waals surface area contributed by atoms with Crippen molar-refractivity contribution < 1.29 is 28.4 Å². The first-order valence-electron chi connectivity index (χ1n) is 7.49. The molecule has 0 heterocycles. The molecule has 2 aromatic rings. The normalized spacial score (nSPS) is 9.92. The van der Waals surface area contributed by atoms with E-state index in [4.69, 9.17) is 9.31 Å². The second-order valence-corrected chi connectivity index (χ2v) is 5.28. The van der Waals surface area contributed by atoms with Gasteiger partial charge in [-0.2, -0.15) is 0 Å². The minimum absolute atomic E-state index is 0.406. The van der Waals surface area contributed by atoms with Gasteiger partial charge in [-0.25, -0.2) is 9.59 Å². The fraction of sp³-hybridized carbons (Fsp3) is 0.222. The van der Waals surface area contributed by atoms with Crippen LogP contribution < -0.4 is 9.31 Å². The molecule has 0 saturated heterocycles. The van der Waals surface area contributed by atoms with Gasteiger partial charge in [0.25, 0.3) is 0 Å². The maximum atomic E-state index is 11.5. The molecule has 6 nitrogen and oxygen atoms in total. The Labute approximate surface area is 147 Å². The van der Waals surface area contributed by atoms with Crippen LogP contribution in [0.2, 0.25) is 0 Å². The highest BCUT2D eigenvalue weighted by Crippen LogP contribution is 2.22. The third kappa shape index (κ3) is 4.53. The van der Waals surface area contributed by atoms with Crippen LogP contribution in [0.3, 0.4) is 0 Å². The number of benzene rings is 2. The number of esters is 2. The topological polar surface area (TPSA) is 71.1 Å². The van der Waals surface area contributed by atoms with Crippen molar-refractivity contribution in [1.29, 1.82) is 0 Å². The van der Waals surface area contributed by atoms with E-state index in [1.54, 1.807) is 36.4 Å². The Morgan fingerprint density at radius 2 is 1.16 bits per heavy atom. The maximum Gasteiger partial charge on any atom is 0.658 e. The highest BCUT2D eigenvalue weighted by Gasteiger charge is 2.12. The van der Waals surface area contributed by atoms with Crippen LogP contribution in [0.15, 0.2) is 36.4 Å². The predicted octanol–water partition coefficient (Wildman–Crippen LogP) is 2.87. The van der Waals surface area contributed by atoms with Gasteiger partial charge in [-0.1, -0.05) is 0 Å². The highest BCUT2D eigenvalue weighted by molar-refractivity contribution is 6.20. The van der Waals surface area contributed by atoms with Crippen LogP contribution in [0.1, 0.15) is 31.8 Å². The fourth-order valence-corrected chi connectivity index (χ4v) is 2.18. The molecule has 25 heavy (non-hydrogen) atoms. The average Bonchev–Trinajstić information content (AvgIpc) is 2.62. The lowest BCUT2D eigenvalue weighted by Gasteiger charge is -2.12. The summed E-state index contributed by atoms with van der Waals surface area (Å²) < 4.78 is 20.3. The van der Waals surface area contributed by atoms with Crippen molar-refractivity contribution in [3.63, 3.8) is 0 Å². The summed E-state index contributed by atoms with van der Waals surface area (Å²) in [5.74, 6) is 0.292. The number of hydrogen-bond acceptors (Lipinski definition) is 6. The van der Waals surface area contributed by atoms with E-state index in [2.05, 4.69) is 9.47 Å². The number of rotatable bonds is 6. The third-order valence-corrected chi connectivity index (χ3v) is 3.54. The molecule has 7 heteroatoms. The zero-order valence-electron chi connectivity index (χ0n) is 14.5. The molecule has 129 valence electrons. The summed E-state index contributed by atoms with van der Waals surface area (Å²) in [5.41, 5.74) is 2.42. The van der Waals surface area contributed by atoms with Gasteiger partial charge in [0.1, 0.15) is 11.5 Å². The van der Waals surface area contributed by atoms with Crippen LogP contribution in [-0.4, -0.2) is 33.8 Å². The first kappa shape index (κ1) is 18.4. The third-order valence-electron chi connectivity index (χ3n) is 3.54. The van der Waals surface area contributed by atoms with E-state index < -0.39 is 11.9 Å². The molecule has 0 unspecified atom stereocenters. The first-order valence-corrected chi connectivity index (χ1v) is 7.49. The predicted molar refractivity (Wildman–Crippen MR) is 92.0 cm³/mol. The molecule has 0 aromatic heterocycles. The second-order valence-electron chi connectivity index (χ2n) is 5.28. The van der Waals surface area contributed by atoms with Crippen LogP contribution in [0.4, 0.5) is 0 Å². The van der Waals surface area contributed by atoms with E-state index in [0.717, 1.165) is 11.1 Å². The van der Waals surface area contributed by atoms with Gasteiger partial charge >= 0.3 is 19.6 Å². The Morgan fingerprint density at radius 1 is 0.760 bits per heavy atom. The Balaban J connectivity index is 1.99. The molecule has 0 aliphatic carbocycles. The molecule has 0 saturated carbocycles. The zero-order valence-corrected chi connectivity index (χ0v) is 14.5. The van der Waals surface area contributed by atoms with Crippen molar-refractivity contribution in [2.75, 3.05) is 14.2 Å². The van der Waals surface area contributed by atoms with Crippen LogP contribution in [0, 0.1) is 13.8 Å². The molecule has 2 aromatic carbocycles. The van der Waals surface area contributed by atoms with Crippen molar-refractivity contribution in [3.05, 3.63) is 58.7 Å². The van der Waals surface area contributed by atoms with Gasteiger partial charge in [0.05, 0.1) is 25.3 Å². The number of carbonyl (C=O) groups is 2. The number of methoxy groups -OCH3 is 2. The van der Waals surface area contributed by atoms with E-state index in [1.807, 2.05) is 13.8 Å². The summed E-state index contributed by atoms with van der Waals surface area (Å²) in [6.45, 7) is 3.62. The summed E-state index contributed by atoms with van der Waals surface area (Å²) in [7, 11) is 3.86. The lowest BCUT2D eigenvalue weighted by atomic mass is 10.1. The van der Waals surface area contributed by atoms with Gasteiger partial charge in [0, 0.05) is 0 Å². The molecule has 0 atom stereocenters.